The fraction of sp³-hybridized carbons (Fsp3) is 1.00. The van der Waals surface area contributed by atoms with E-state index in [1.54, 1.807) is 7.11 Å². The molecule has 0 aromatic rings. The summed E-state index contributed by atoms with van der Waals surface area (Å²) in [6.45, 7) is 0.870. The van der Waals surface area contributed by atoms with Crippen LogP contribution < -0.4 is 5.73 Å². The topological polar surface area (TPSA) is 35.2 Å². The number of methoxy groups -OCH3 is 1. The molecule has 0 radical (unpaired) electrons. The molecule has 2 N–H and O–H groups in total. The van der Waals surface area contributed by atoms with Crippen LogP contribution in [0, 0.1) is 17.8 Å². The molecular formula is C12H23NO. The van der Waals surface area contributed by atoms with Crippen LogP contribution in [0.25, 0.3) is 0 Å². The van der Waals surface area contributed by atoms with Crippen molar-refractivity contribution in [3.63, 3.8) is 0 Å². The molecule has 2 saturated carbocycles. The molecule has 0 aromatic heterocycles. The molecule has 2 fully saturated rings. The minimum atomic E-state index is 0.445. The van der Waals surface area contributed by atoms with Crippen molar-refractivity contribution in [1.82, 2.24) is 0 Å². The molecule has 2 aliphatic rings. The molecule has 0 heterocycles. The Morgan fingerprint density at radius 1 is 1.36 bits per heavy atom. The van der Waals surface area contributed by atoms with Gasteiger partial charge in [0.1, 0.15) is 0 Å². The van der Waals surface area contributed by atoms with E-state index < -0.39 is 0 Å². The maximum Gasteiger partial charge on any atom is 0.0462 e. The normalized spacial score (nSPS) is 37.7. The van der Waals surface area contributed by atoms with E-state index in [2.05, 4.69) is 0 Å². The lowest BCUT2D eigenvalue weighted by Crippen LogP contribution is -2.33. The summed E-state index contributed by atoms with van der Waals surface area (Å²) < 4.78 is 5.06. The Labute approximate surface area is 87.2 Å². The molecule has 2 rings (SSSR count). The first-order valence-corrected chi connectivity index (χ1v) is 6.05. The van der Waals surface area contributed by atoms with Crippen LogP contribution in [-0.4, -0.2) is 19.8 Å². The predicted molar refractivity (Wildman–Crippen MR) is 58.0 cm³/mol. The highest BCUT2D eigenvalue weighted by atomic mass is 16.5. The van der Waals surface area contributed by atoms with Gasteiger partial charge in [-0.25, -0.2) is 0 Å². The van der Waals surface area contributed by atoms with Crippen LogP contribution >= 0.6 is 0 Å². The SMILES string of the molecule is COCCCC(N)C1CC2CCC1C2. The van der Waals surface area contributed by atoms with Gasteiger partial charge in [0, 0.05) is 19.8 Å². The molecule has 4 atom stereocenters. The molecule has 2 aliphatic carbocycles. The lowest BCUT2D eigenvalue weighted by atomic mass is 9.82. The third kappa shape index (κ3) is 2.12. The molecule has 2 bridgehead atoms. The summed E-state index contributed by atoms with van der Waals surface area (Å²) in [5.74, 6) is 2.83. The number of ether oxygens (including phenoxy) is 1. The number of nitrogens with two attached hydrogens (primary N) is 1. The van der Waals surface area contributed by atoms with Gasteiger partial charge < -0.3 is 10.5 Å². The molecule has 0 aromatic carbocycles. The maximum atomic E-state index is 6.25. The van der Waals surface area contributed by atoms with Crippen molar-refractivity contribution in [2.45, 2.75) is 44.6 Å². The van der Waals surface area contributed by atoms with E-state index in [0.29, 0.717) is 6.04 Å². The van der Waals surface area contributed by atoms with Gasteiger partial charge in [-0.2, -0.15) is 0 Å². The summed E-state index contributed by atoms with van der Waals surface area (Å²) >= 11 is 0. The zero-order valence-corrected chi connectivity index (χ0v) is 9.24. The van der Waals surface area contributed by atoms with Gasteiger partial charge in [-0.3, -0.25) is 0 Å². The Bertz CT molecular complexity index is 183. The second kappa shape index (κ2) is 4.63. The molecule has 2 heteroatoms. The minimum Gasteiger partial charge on any atom is -0.385 e. The van der Waals surface area contributed by atoms with Crippen LogP contribution in [0.4, 0.5) is 0 Å². The molecule has 0 saturated heterocycles. The lowest BCUT2D eigenvalue weighted by molar-refractivity contribution is 0.181. The van der Waals surface area contributed by atoms with Gasteiger partial charge >= 0.3 is 0 Å². The smallest absolute Gasteiger partial charge is 0.0462 e. The van der Waals surface area contributed by atoms with Gasteiger partial charge in [0.2, 0.25) is 0 Å². The molecule has 82 valence electrons. The van der Waals surface area contributed by atoms with E-state index >= 15 is 0 Å². The van der Waals surface area contributed by atoms with E-state index in [1.807, 2.05) is 0 Å². The van der Waals surface area contributed by atoms with Gasteiger partial charge in [-0.05, 0) is 49.9 Å². The molecule has 0 aliphatic heterocycles. The van der Waals surface area contributed by atoms with Crippen molar-refractivity contribution in [2.75, 3.05) is 13.7 Å². The van der Waals surface area contributed by atoms with Crippen molar-refractivity contribution in [1.29, 1.82) is 0 Å². The number of hydrogen-bond acceptors (Lipinski definition) is 2. The largest absolute Gasteiger partial charge is 0.385 e. The van der Waals surface area contributed by atoms with E-state index in [1.165, 1.54) is 25.7 Å². The number of fused-ring (bicyclic) bond motifs is 2. The molecule has 14 heavy (non-hydrogen) atoms. The zero-order chi connectivity index (χ0) is 9.97. The summed E-state index contributed by atoms with van der Waals surface area (Å²) in [6.07, 6.45) is 8.11. The Hall–Kier alpha value is -0.0800. The van der Waals surface area contributed by atoms with E-state index in [0.717, 1.165) is 37.2 Å². The molecular weight excluding hydrogens is 174 g/mol. The van der Waals surface area contributed by atoms with Gasteiger partial charge in [0.05, 0.1) is 0 Å². The summed E-state index contributed by atoms with van der Waals surface area (Å²) in [5.41, 5.74) is 6.25. The summed E-state index contributed by atoms with van der Waals surface area (Å²) in [7, 11) is 1.77. The molecule has 0 spiro atoms. The van der Waals surface area contributed by atoms with Crippen LogP contribution in [0.2, 0.25) is 0 Å². The van der Waals surface area contributed by atoms with Crippen molar-refractivity contribution in [3.05, 3.63) is 0 Å². The Kier molecular flexibility index (Phi) is 3.45. The van der Waals surface area contributed by atoms with Crippen LogP contribution in [0.15, 0.2) is 0 Å². The van der Waals surface area contributed by atoms with Crippen LogP contribution in [0.3, 0.4) is 0 Å². The van der Waals surface area contributed by atoms with E-state index in [-0.39, 0.29) is 0 Å². The third-order valence-corrected chi connectivity index (χ3v) is 4.23. The van der Waals surface area contributed by atoms with E-state index in [4.69, 9.17) is 10.5 Å². The summed E-state index contributed by atoms with van der Waals surface area (Å²) in [5, 5.41) is 0. The fourth-order valence-corrected chi connectivity index (χ4v) is 3.50. The van der Waals surface area contributed by atoms with Gasteiger partial charge in [0.15, 0.2) is 0 Å². The van der Waals surface area contributed by atoms with Crippen molar-refractivity contribution in [3.8, 4) is 0 Å². The lowest BCUT2D eigenvalue weighted by Gasteiger charge is -2.27. The number of hydrogen-bond donors (Lipinski definition) is 1. The predicted octanol–water partition coefficient (Wildman–Crippen LogP) is 2.18. The van der Waals surface area contributed by atoms with Gasteiger partial charge in [-0.15, -0.1) is 0 Å². The fourth-order valence-electron chi connectivity index (χ4n) is 3.50. The second-order valence-electron chi connectivity index (χ2n) is 5.14. The Balaban J connectivity index is 1.72. The highest BCUT2D eigenvalue weighted by Gasteiger charge is 2.41. The first-order chi connectivity index (χ1) is 6.81. The zero-order valence-electron chi connectivity index (χ0n) is 9.24. The van der Waals surface area contributed by atoms with Gasteiger partial charge in [0.25, 0.3) is 0 Å². The minimum absolute atomic E-state index is 0.445. The average molecular weight is 197 g/mol. The van der Waals surface area contributed by atoms with Crippen LogP contribution in [0.5, 0.6) is 0 Å². The van der Waals surface area contributed by atoms with Crippen LogP contribution in [-0.2, 0) is 4.74 Å². The van der Waals surface area contributed by atoms with Crippen LogP contribution in [0.1, 0.15) is 38.5 Å². The van der Waals surface area contributed by atoms with Crippen molar-refractivity contribution < 1.29 is 4.74 Å². The Morgan fingerprint density at radius 3 is 2.79 bits per heavy atom. The first-order valence-electron chi connectivity index (χ1n) is 6.05. The summed E-state index contributed by atoms with van der Waals surface area (Å²) in [4.78, 5) is 0. The molecule has 0 amide bonds. The quantitative estimate of drug-likeness (QED) is 0.686. The second-order valence-corrected chi connectivity index (χ2v) is 5.14. The standard InChI is InChI=1S/C12H23NO/c1-14-6-2-3-12(13)11-8-9-4-5-10(11)7-9/h9-12H,2-8,13H2,1H3. The highest BCUT2D eigenvalue weighted by molar-refractivity contribution is 4.94. The van der Waals surface area contributed by atoms with Crippen molar-refractivity contribution >= 4 is 0 Å². The molecule has 2 nitrogen and oxygen atoms in total. The maximum absolute atomic E-state index is 6.25. The third-order valence-electron chi connectivity index (χ3n) is 4.23. The van der Waals surface area contributed by atoms with E-state index in [9.17, 15) is 0 Å². The van der Waals surface area contributed by atoms with Gasteiger partial charge in [-0.1, -0.05) is 6.42 Å². The highest BCUT2D eigenvalue weighted by Crippen LogP contribution is 2.49. The first kappa shape index (κ1) is 10.4. The Morgan fingerprint density at radius 2 is 2.21 bits per heavy atom. The summed E-state index contributed by atoms with van der Waals surface area (Å²) in [6, 6.07) is 0.445. The molecule has 4 unspecified atom stereocenters. The monoisotopic (exact) mass is 197 g/mol. The van der Waals surface area contributed by atoms with Crippen molar-refractivity contribution in [2.24, 2.45) is 23.5 Å². The number of rotatable bonds is 5. The average Bonchev–Trinajstić information content (AvgIpc) is 2.79.